The first-order valence-electron chi connectivity index (χ1n) is 5.52. The van der Waals surface area contributed by atoms with Crippen LogP contribution in [-0.4, -0.2) is 49.6 Å². The zero-order valence-corrected chi connectivity index (χ0v) is 10.2. The number of nitrogens with one attached hydrogen (secondary N) is 1. The van der Waals surface area contributed by atoms with Crippen molar-refractivity contribution in [3.8, 4) is 11.5 Å². The van der Waals surface area contributed by atoms with Crippen LogP contribution >= 0.6 is 0 Å². The Morgan fingerprint density at radius 2 is 2.06 bits per heavy atom. The van der Waals surface area contributed by atoms with Gasteiger partial charge in [-0.15, -0.1) is 0 Å². The smallest absolute Gasteiger partial charge is 0.255 e. The quantitative estimate of drug-likeness (QED) is 0.487. The Morgan fingerprint density at radius 3 is 2.78 bits per heavy atom. The first-order chi connectivity index (χ1) is 8.66. The van der Waals surface area contributed by atoms with Crippen molar-refractivity contribution in [3.05, 3.63) is 23.8 Å². The number of methoxy groups -OCH3 is 1. The van der Waals surface area contributed by atoms with Crippen LogP contribution in [0.1, 0.15) is 10.4 Å². The molecule has 0 aromatic heterocycles. The van der Waals surface area contributed by atoms with E-state index in [0.717, 1.165) is 0 Å². The van der Waals surface area contributed by atoms with Gasteiger partial charge in [-0.3, -0.25) is 4.79 Å². The summed E-state index contributed by atoms with van der Waals surface area (Å²) in [5.41, 5.74) is 0.0342. The Labute approximate surface area is 105 Å². The van der Waals surface area contributed by atoms with Gasteiger partial charge in [-0.05, 0) is 12.1 Å². The van der Waals surface area contributed by atoms with Gasteiger partial charge >= 0.3 is 0 Å². The third-order valence-electron chi connectivity index (χ3n) is 2.22. The van der Waals surface area contributed by atoms with Gasteiger partial charge in [0.15, 0.2) is 11.5 Å². The monoisotopic (exact) mass is 255 g/mol. The van der Waals surface area contributed by atoms with Crippen molar-refractivity contribution in [2.75, 3.05) is 33.5 Å². The molecule has 1 aromatic carbocycles. The molecule has 0 aliphatic carbocycles. The van der Waals surface area contributed by atoms with Crippen molar-refractivity contribution in [3.63, 3.8) is 0 Å². The van der Waals surface area contributed by atoms with Crippen LogP contribution in [0.3, 0.4) is 0 Å². The van der Waals surface area contributed by atoms with Crippen LogP contribution in [-0.2, 0) is 9.47 Å². The summed E-state index contributed by atoms with van der Waals surface area (Å²) in [6.45, 7) is 1.64. The number of amides is 1. The summed E-state index contributed by atoms with van der Waals surface area (Å²) in [5.74, 6) is -1.20. The minimum absolute atomic E-state index is 0.0342. The van der Waals surface area contributed by atoms with Crippen LogP contribution in [0.4, 0.5) is 0 Å². The summed E-state index contributed by atoms with van der Waals surface area (Å²) in [6, 6.07) is 4.22. The van der Waals surface area contributed by atoms with Gasteiger partial charge in [-0.1, -0.05) is 6.07 Å². The summed E-state index contributed by atoms with van der Waals surface area (Å²) >= 11 is 0. The lowest BCUT2D eigenvalue weighted by Crippen LogP contribution is -2.27. The first-order valence-corrected chi connectivity index (χ1v) is 5.52. The number of phenolic OH excluding ortho intramolecular Hbond substituents is 2. The predicted molar refractivity (Wildman–Crippen MR) is 64.8 cm³/mol. The number of carbonyl (C=O) groups is 1. The number of hydrogen-bond donors (Lipinski definition) is 3. The first kappa shape index (κ1) is 14.3. The molecule has 6 heteroatoms. The lowest BCUT2D eigenvalue weighted by molar-refractivity contribution is 0.0692. The second-order valence-corrected chi connectivity index (χ2v) is 3.53. The molecule has 0 fully saturated rings. The maximum absolute atomic E-state index is 11.6. The number of para-hydroxylation sites is 1. The van der Waals surface area contributed by atoms with Crippen LogP contribution in [0.25, 0.3) is 0 Å². The van der Waals surface area contributed by atoms with E-state index in [2.05, 4.69) is 5.32 Å². The molecule has 0 aliphatic heterocycles. The normalized spacial score (nSPS) is 10.3. The maximum atomic E-state index is 11.6. The van der Waals surface area contributed by atoms with E-state index in [1.54, 1.807) is 7.11 Å². The second-order valence-electron chi connectivity index (χ2n) is 3.53. The van der Waals surface area contributed by atoms with Gasteiger partial charge in [0.2, 0.25) is 0 Å². The van der Waals surface area contributed by atoms with Crippen LogP contribution < -0.4 is 5.32 Å². The summed E-state index contributed by atoms with van der Waals surface area (Å²) < 4.78 is 9.96. The largest absolute Gasteiger partial charge is 0.504 e. The highest BCUT2D eigenvalue weighted by molar-refractivity contribution is 5.97. The van der Waals surface area contributed by atoms with Gasteiger partial charge in [0, 0.05) is 13.7 Å². The van der Waals surface area contributed by atoms with E-state index >= 15 is 0 Å². The molecule has 100 valence electrons. The molecule has 0 spiro atoms. The number of benzene rings is 1. The molecule has 0 atom stereocenters. The zero-order chi connectivity index (χ0) is 13.4. The Bertz CT molecular complexity index is 394. The number of carbonyl (C=O) groups excluding carboxylic acids is 1. The molecule has 0 heterocycles. The molecular weight excluding hydrogens is 238 g/mol. The van der Waals surface area contributed by atoms with Crippen LogP contribution in [0.2, 0.25) is 0 Å². The fourth-order valence-corrected chi connectivity index (χ4v) is 1.29. The van der Waals surface area contributed by atoms with Gasteiger partial charge < -0.3 is 25.0 Å². The Morgan fingerprint density at radius 1 is 1.28 bits per heavy atom. The van der Waals surface area contributed by atoms with Crippen molar-refractivity contribution >= 4 is 5.91 Å². The van der Waals surface area contributed by atoms with E-state index in [-0.39, 0.29) is 11.3 Å². The molecule has 0 bridgehead atoms. The molecule has 18 heavy (non-hydrogen) atoms. The molecule has 3 N–H and O–H groups in total. The molecule has 0 unspecified atom stereocenters. The van der Waals surface area contributed by atoms with Crippen molar-refractivity contribution in [2.24, 2.45) is 0 Å². The minimum Gasteiger partial charge on any atom is -0.504 e. The molecular formula is C12H17NO5. The van der Waals surface area contributed by atoms with Gasteiger partial charge in [0.25, 0.3) is 5.91 Å². The minimum atomic E-state index is -0.459. The third-order valence-corrected chi connectivity index (χ3v) is 2.22. The summed E-state index contributed by atoms with van der Waals surface area (Å²) in [4.78, 5) is 11.6. The molecule has 1 amide bonds. The Kier molecular flexibility index (Phi) is 5.96. The predicted octanol–water partition coefficient (Wildman–Crippen LogP) is 0.491. The van der Waals surface area contributed by atoms with Crippen LogP contribution in [0.5, 0.6) is 11.5 Å². The standard InChI is InChI=1S/C12H17NO5/c1-17-7-8-18-6-5-13-12(16)9-3-2-4-10(14)11(9)15/h2-4,14-15H,5-8H2,1H3,(H,13,16). The lowest BCUT2D eigenvalue weighted by atomic mass is 10.1. The number of rotatable bonds is 7. The fourth-order valence-electron chi connectivity index (χ4n) is 1.29. The zero-order valence-electron chi connectivity index (χ0n) is 10.2. The lowest BCUT2D eigenvalue weighted by Gasteiger charge is -2.08. The average Bonchev–Trinajstić information content (AvgIpc) is 2.36. The van der Waals surface area contributed by atoms with Crippen molar-refractivity contribution < 1.29 is 24.5 Å². The van der Waals surface area contributed by atoms with Crippen molar-refractivity contribution in [1.29, 1.82) is 0 Å². The van der Waals surface area contributed by atoms with E-state index in [9.17, 15) is 15.0 Å². The van der Waals surface area contributed by atoms with Crippen LogP contribution in [0.15, 0.2) is 18.2 Å². The van der Waals surface area contributed by atoms with Gasteiger partial charge in [0.1, 0.15) is 0 Å². The third kappa shape index (κ3) is 4.23. The number of ether oxygens (including phenoxy) is 2. The van der Waals surface area contributed by atoms with E-state index in [4.69, 9.17) is 9.47 Å². The number of aromatic hydroxyl groups is 2. The fraction of sp³-hybridized carbons (Fsp3) is 0.417. The molecule has 1 rings (SSSR count). The summed E-state index contributed by atoms with van der Waals surface area (Å²) in [5, 5.41) is 21.3. The second kappa shape index (κ2) is 7.52. The van der Waals surface area contributed by atoms with Gasteiger partial charge in [-0.25, -0.2) is 0 Å². The Hall–Kier alpha value is -1.79. The average molecular weight is 255 g/mol. The molecule has 0 saturated heterocycles. The maximum Gasteiger partial charge on any atom is 0.255 e. The molecule has 0 saturated carbocycles. The van der Waals surface area contributed by atoms with Gasteiger partial charge in [0.05, 0.1) is 25.4 Å². The van der Waals surface area contributed by atoms with E-state index in [1.807, 2.05) is 0 Å². The van der Waals surface area contributed by atoms with E-state index in [0.29, 0.717) is 26.4 Å². The summed E-state index contributed by atoms with van der Waals surface area (Å²) in [6.07, 6.45) is 0. The number of hydrogen-bond acceptors (Lipinski definition) is 5. The highest BCUT2D eigenvalue weighted by atomic mass is 16.5. The van der Waals surface area contributed by atoms with Crippen molar-refractivity contribution in [2.45, 2.75) is 0 Å². The summed E-state index contributed by atoms with van der Waals surface area (Å²) in [7, 11) is 1.58. The van der Waals surface area contributed by atoms with Crippen LogP contribution in [0, 0.1) is 0 Å². The molecule has 6 nitrogen and oxygen atoms in total. The van der Waals surface area contributed by atoms with E-state index in [1.165, 1.54) is 18.2 Å². The number of phenols is 2. The highest BCUT2D eigenvalue weighted by Crippen LogP contribution is 2.27. The SMILES string of the molecule is COCCOCCNC(=O)c1cccc(O)c1O. The van der Waals surface area contributed by atoms with Gasteiger partial charge in [-0.2, -0.15) is 0 Å². The molecule has 1 aromatic rings. The van der Waals surface area contributed by atoms with Crippen molar-refractivity contribution in [1.82, 2.24) is 5.32 Å². The molecule has 0 radical (unpaired) electrons. The topological polar surface area (TPSA) is 88.0 Å². The Balaban J connectivity index is 2.35. The highest BCUT2D eigenvalue weighted by Gasteiger charge is 2.12. The molecule has 0 aliphatic rings. The van der Waals surface area contributed by atoms with E-state index < -0.39 is 11.7 Å².